The van der Waals surface area contributed by atoms with Crippen LogP contribution in [-0.4, -0.2) is 54.6 Å². The number of amides is 1. The van der Waals surface area contributed by atoms with Crippen molar-refractivity contribution in [1.29, 1.82) is 0 Å². The number of alkyl halides is 2. The van der Waals surface area contributed by atoms with Crippen molar-refractivity contribution in [2.24, 2.45) is 5.92 Å². The van der Waals surface area contributed by atoms with Crippen molar-refractivity contribution in [3.8, 4) is 0 Å². The summed E-state index contributed by atoms with van der Waals surface area (Å²) in [4.78, 5) is 26.7. The highest BCUT2D eigenvalue weighted by Gasteiger charge is 2.52. The molecule has 194 valence electrons. The Bertz CT molecular complexity index is 1070. The van der Waals surface area contributed by atoms with Gasteiger partial charge in [-0.1, -0.05) is 49.4 Å². The van der Waals surface area contributed by atoms with Gasteiger partial charge < -0.3 is 14.4 Å². The van der Waals surface area contributed by atoms with Gasteiger partial charge in [0.15, 0.2) is 0 Å². The number of hydrogen-bond acceptors (Lipinski definition) is 5. The molecule has 0 aliphatic carbocycles. The van der Waals surface area contributed by atoms with Gasteiger partial charge >= 0.3 is 11.9 Å². The van der Waals surface area contributed by atoms with E-state index in [9.17, 15) is 18.4 Å². The first-order valence-corrected chi connectivity index (χ1v) is 13.3. The quantitative estimate of drug-likeness (QED) is 0.206. The molecular formula is C28H33F2NO4S. The Morgan fingerprint density at radius 1 is 1.19 bits per heavy atom. The SMILES string of the molecule is COC(=O)c1ccc(CCCN2C(=O)C(F)(F)C[C@@H]2/C=C/C2OC2[C@H](C)CCCc2ccccc2)s1. The molecule has 0 spiro atoms. The summed E-state index contributed by atoms with van der Waals surface area (Å²) in [5, 5.41) is 0. The second-order valence-corrected chi connectivity index (χ2v) is 10.8. The van der Waals surface area contributed by atoms with Gasteiger partial charge in [0.2, 0.25) is 0 Å². The van der Waals surface area contributed by atoms with Crippen molar-refractivity contribution < 1.29 is 27.8 Å². The number of likely N-dealkylation sites (tertiary alicyclic amines) is 1. The summed E-state index contributed by atoms with van der Waals surface area (Å²) in [6, 6.07) is 13.3. The third-order valence-electron chi connectivity index (χ3n) is 6.92. The summed E-state index contributed by atoms with van der Waals surface area (Å²) in [6.45, 7) is 2.40. The zero-order valence-electron chi connectivity index (χ0n) is 20.7. The molecule has 2 aromatic rings. The fourth-order valence-electron chi connectivity index (χ4n) is 4.83. The number of carbonyl (C=O) groups excluding carboxylic acids is 2. The summed E-state index contributed by atoms with van der Waals surface area (Å²) in [7, 11) is 1.33. The molecule has 2 saturated heterocycles. The van der Waals surface area contributed by atoms with Crippen molar-refractivity contribution >= 4 is 23.2 Å². The van der Waals surface area contributed by atoms with Crippen LogP contribution in [0.4, 0.5) is 8.78 Å². The van der Waals surface area contributed by atoms with Gasteiger partial charge in [-0.05, 0) is 55.7 Å². The molecule has 4 rings (SSSR count). The molecule has 8 heteroatoms. The molecule has 0 N–H and O–H groups in total. The van der Waals surface area contributed by atoms with Crippen molar-refractivity contribution in [3.05, 3.63) is 69.9 Å². The van der Waals surface area contributed by atoms with Crippen molar-refractivity contribution in [3.63, 3.8) is 0 Å². The fraction of sp³-hybridized carbons (Fsp3) is 0.500. The Balaban J connectivity index is 1.25. The van der Waals surface area contributed by atoms with Gasteiger partial charge in [-0.25, -0.2) is 4.79 Å². The maximum Gasteiger partial charge on any atom is 0.348 e. The minimum atomic E-state index is -3.34. The van der Waals surface area contributed by atoms with E-state index in [-0.39, 0.29) is 18.8 Å². The molecule has 1 amide bonds. The first-order valence-electron chi connectivity index (χ1n) is 12.5. The van der Waals surface area contributed by atoms with Gasteiger partial charge in [0, 0.05) is 17.8 Å². The van der Waals surface area contributed by atoms with Gasteiger partial charge in [-0.2, -0.15) is 8.78 Å². The smallest absolute Gasteiger partial charge is 0.348 e. The Morgan fingerprint density at radius 3 is 2.72 bits per heavy atom. The molecule has 2 aliphatic rings. The number of thiophene rings is 1. The monoisotopic (exact) mass is 517 g/mol. The molecule has 0 radical (unpaired) electrons. The summed E-state index contributed by atoms with van der Waals surface area (Å²) in [5.41, 5.74) is 1.33. The number of hydrogen-bond donors (Lipinski definition) is 0. The van der Waals surface area contributed by atoms with Crippen LogP contribution in [0.2, 0.25) is 0 Å². The molecule has 3 heterocycles. The lowest BCUT2D eigenvalue weighted by Crippen LogP contribution is -2.36. The lowest BCUT2D eigenvalue weighted by molar-refractivity contribution is -0.148. The van der Waals surface area contributed by atoms with E-state index in [0.717, 1.165) is 24.1 Å². The van der Waals surface area contributed by atoms with Crippen LogP contribution in [0.1, 0.15) is 52.7 Å². The van der Waals surface area contributed by atoms with Gasteiger partial charge in [-0.15, -0.1) is 11.3 Å². The van der Waals surface area contributed by atoms with Crippen molar-refractivity contribution in [2.75, 3.05) is 13.7 Å². The Morgan fingerprint density at radius 2 is 1.97 bits per heavy atom. The first kappa shape index (κ1) is 26.5. The molecule has 1 aromatic heterocycles. The lowest BCUT2D eigenvalue weighted by Gasteiger charge is -2.21. The molecule has 2 unspecified atom stereocenters. The maximum atomic E-state index is 14.2. The molecule has 2 aliphatic heterocycles. The second-order valence-electron chi connectivity index (χ2n) is 9.64. The first-order chi connectivity index (χ1) is 17.3. The minimum Gasteiger partial charge on any atom is -0.465 e. The van der Waals surface area contributed by atoms with Gasteiger partial charge in [-0.3, -0.25) is 4.79 Å². The van der Waals surface area contributed by atoms with E-state index >= 15 is 0 Å². The van der Waals surface area contributed by atoms with Crippen LogP contribution in [0.15, 0.2) is 54.6 Å². The van der Waals surface area contributed by atoms with E-state index in [1.165, 1.54) is 28.9 Å². The molecule has 1 aromatic carbocycles. The molecule has 0 bridgehead atoms. The van der Waals surface area contributed by atoms with E-state index in [1.54, 1.807) is 12.1 Å². The number of esters is 1. The highest BCUT2D eigenvalue weighted by molar-refractivity contribution is 7.13. The van der Waals surface area contributed by atoms with Crippen LogP contribution in [0.3, 0.4) is 0 Å². The zero-order valence-corrected chi connectivity index (χ0v) is 21.5. The molecule has 2 fully saturated rings. The van der Waals surface area contributed by atoms with Crippen LogP contribution in [0.25, 0.3) is 0 Å². The number of rotatable bonds is 12. The van der Waals surface area contributed by atoms with Crippen molar-refractivity contribution in [2.45, 2.75) is 69.6 Å². The molecule has 0 saturated carbocycles. The summed E-state index contributed by atoms with van der Waals surface area (Å²) in [5.74, 6) is -4.46. The number of carbonyl (C=O) groups is 2. The molecular weight excluding hydrogens is 484 g/mol. The number of epoxide rings is 1. The summed E-state index contributed by atoms with van der Waals surface area (Å²) in [6.07, 6.45) is 7.38. The molecule has 36 heavy (non-hydrogen) atoms. The number of benzene rings is 1. The van der Waals surface area contributed by atoms with E-state index in [0.29, 0.717) is 23.6 Å². The summed E-state index contributed by atoms with van der Waals surface area (Å²) < 4.78 is 39.0. The Hall–Kier alpha value is -2.58. The fourth-order valence-corrected chi connectivity index (χ4v) is 5.80. The second kappa shape index (κ2) is 11.6. The van der Waals surface area contributed by atoms with Crippen LogP contribution < -0.4 is 0 Å². The predicted molar refractivity (Wildman–Crippen MR) is 135 cm³/mol. The number of aryl methyl sites for hydroxylation is 2. The normalized spacial score (nSPS) is 23.8. The minimum absolute atomic E-state index is 0.0780. The lowest BCUT2D eigenvalue weighted by atomic mass is 9.96. The highest BCUT2D eigenvalue weighted by atomic mass is 32.1. The van der Waals surface area contributed by atoms with E-state index in [2.05, 4.69) is 19.1 Å². The van der Waals surface area contributed by atoms with Crippen LogP contribution >= 0.6 is 11.3 Å². The summed E-state index contributed by atoms with van der Waals surface area (Å²) >= 11 is 1.32. The van der Waals surface area contributed by atoms with E-state index < -0.39 is 30.3 Å². The number of methoxy groups -OCH3 is 1. The topological polar surface area (TPSA) is 59.1 Å². The Kier molecular flexibility index (Phi) is 8.57. The van der Waals surface area contributed by atoms with Crippen LogP contribution in [0.5, 0.6) is 0 Å². The maximum absolute atomic E-state index is 14.2. The van der Waals surface area contributed by atoms with E-state index in [4.69, 9.17) is 9.47 Å². The zero-order chi connectivity index (χ0) is 25.7. The van der Waals surface area contributed by atoms with Crippen molar-refractivity contribution in [1.82, 2.24) is 4.90 Å². The average molecular weight is 518 g/mol. The third kappa shape index (κ3) is 6.59. The van der Waals surface area contributed by atoms with Gasteiger partial charge in [0.1, 0.15) is 11.0 Å². The largest absolute Gasteiger partial charge is 0.465 e. The van der Waals surface area contributed by atoms with Gasteiger partial charge in [0.05, 0.1) is 19.3 Å². The highest BCUT2D eigenvalue weighted by Crippen LogP contribution is 2.37. The Labute approximate surface area is 215 Å². The number of ether oxygens (including phenoxy) is 2. The van der Waals surface area contributed by atoms with Crippen LogP contribution in [-0.2, 0) is 27.1 Å². The average Bonchev–Trinajstić information content (AvgIpc) is 3.44. The van der Waals surface area contributed by atoms with Crippen LogP contribution in [0, 0.1) is 5.92 Å². The predicted octanol–water partition coefficient (Wildman–Crippen LogP) is 5.69. The number of halogens is 2. The van der Waals surface area contributed by atoms with E-state index in [1.807, 2.05) is 30.3 Å². The molecule has 4 atom stereocenters. The number of nitrogens with zero attached hydrogens (tertiary/aromatic N) is 1. The van der Waals surface area contributed by atoms with Gasteiger partial charge in [0.25, 0.3) is 5.91 Å². The standard InChI is InChI=1S/C28H33F2NO4S/c1-19(8-6-11-20-9-4-3-5-10-20)25-23(35-25)15-13-21-18-28(29,30)27(33)31(21)17-7-12-22-14-16-24(36-22)26(32)34-2/h3-5,9-10,13-16,19,21,23,25H,6-8,11-12,17-18H2,1-2H3/b15-13+/t19-,21+,23?,25?/m1/s1. The molecule has 5 nitrogen and oxygen atoms in total. The third-order valence-corrected chi connectivity index (χ3v) is 8.05.